The van der Waals surface area contributed by atoms with Gasteiger partial charge in [-0.3, -0.25) is 19.4 Å². The number of carbonyl (C=O) groups excluding carboxylic acids is 2. The zero-order chi connectivity index (χ0) is 15.6. The summed E-state index contributed by atoms with van der Waals surface area (Å²) in [4.78, 5) is 39.3. The number of methoxy groups -OCH3 is 1. The second-order valence-corrected chi connectivity index (χ2v) is 4.39. The number of ether oxygens (including phenoxy) is 1. The van der Waals surface area contributed by atoms with E-state index in [1.54, 1.807) is 0 Å². The fraction of sp³-hybridized carbons (Fsp3) is 0.182. The Hall–Kier alpha value is -2.75. The first-order valence-corrected chi connectivity index (χ1v) is 6.04. The Balaban J connectivity index is 2.46. The minimum Gasteiger partial charge on any atom is -0.494 e. The number of aromatic amines is 2. The van der Waals surface area contributed by atoms with Crippen molar-refractivity contribution in [1.82, 2.24) is 15.4 Å². The van der Waals surface area contributed by atoms with Crippen molar-refractivity contribution in [2.45, 2.75) is 6.42 Å². The SMILES string of the molecule is COC(=O)CC1=NNC(=O)/C1=C\c1c(O)[nH]c(=S)[nH]c1=O. The van der Waals surface area contributed by atoms with Gasteiger partial charge in [0.15, 0.2) is 4.77 Å². The molecule has 1 aromatic rings. The van der Waals surface area contributed by atoms with Gasteiger partial charge in [0.05, 0.1) is 24.8 Å². The van der Waals surface area contributed by atoms with E-state index in [1.165, 1.54) is 7.11 Å². The smallest absolute Gasteiger partial charge is 0.311 e. The molecule has 10 heteroatoms. The highest BCUT2D eigenvalue weighted by Crippen LogP contribution is 2.17. The predicted molar refractivity (Wildman–Crippen MR) is 74.1 cm³/mol. The largest absolute Gasteiger partial charge is 0.494 e. The summed E-state index contributed by atoms with van der Waals surface area (Å²) >= 11 is 4.69. The molecule has 0 unspecified atom stereocenters. The Kier molecular flexibility index (Phi) is 3.98. The highest BCUT2D eigenvalue weighted by atomic mass is 32.1. The number of rotatable bonds is 3. The number of amides is 1. The molecule has 1 aromatic heterocycles. The van der Waals surface area contributed by atoms with E-state index in [1.807, 2.05) is 0 Å². The van der Waals surface area contributed by atoms with Gasteiger partial charge in [-0.05, 0) is 18.3 Å². The van der Waals surface area contributed by atoms with Gasteiger partial charge in [0.1, 0.15) is 5.56 Å². The summed E-state index contributed by atoms with van der Waals surface area (Å²) in [5.74, 6) is -1.69. The van der Waals surface area contributed by atoms with Crippen LogP contribution in [-0.4, -0.2) is 39.8 Å². The van der Waals surface area contributed by atoms with E-state index in [9.17, 15) is 19.5 Å². The lowest BCUT2D eigenvalue weighted by Gasteiger charge is -2.02. The van der Waals surface area contributed by atoms with Gasteiger partial charge in [-0.15, -0.1) is 0 Å². The first-order valence-electron chi connectivity index (χ1n) is 5.63. The molecule has 21 heavy (non-hydrogen) atoms. The molecule has 0 fully saturated rings. The van der Waals surface area contributed by atoms with Gasteiger partial charge in [-0.2, -0.15) is 5.10 Å². The van der Waals surface area contributed by atoms with Crippen LogP contribution >= 0.6 is 12.2 Å². The van der Waals surface area contributed by atoms with Crippen molar-refractivity contribution >= 4 is 35.9 Å². The average Bonchev–Trinajstić information content (AvgIpc) is 2.74. The lowest BCUT2D eigenvalue weighted by atomic mass is 10.1. The molecule has 0 aromatic carbocycles. The van der Waals surface area contributed by atoms with Gasteiger partial charge in [0.2, 0.25) is 5.88 Å². The van der Waals surface area contributed by atoms with Gasteiger partial charge in [0, 0.05) is 0 Å². The summed E-state index contributed by atoms with van der Waals surface area (Å²) in [7, 11) is 1.20. The molecule has 2 heterocycles. The summed E-state index contributed by atoms with van der Waals surface area (Å²) < 4.78 is 4.43. The standard InChI is InChI=1S/C11H10N4O5S/c1-20-7(16)3-6-4(10(19)15-14-6)2-5-8(17)12-11(21)13-9(5)18/h2H,3H2,1H3,(H,15,19)(H3,12,13,17,18,21)/b4-2-. The number of aromatic hydroxyl groups is 1. The number of H-pyrrole nitrogens is 2. The maximum Gasteiger partial charge on any atom is 0.311 e. The predicted octanol–water partition coefficient (Wildman–Crippen LogP) is -0.430. The normalized spacial score (nSPS) is 15.8. The lowest BCUT2D eigenvalue weighted by Crippen LogP contribution is -2.17. The molecule has 1 aliphatic heterocycles. The van der Waals surface area contributed by atoms with Gasteiger partial charge in [-0.1, -0.05) is 0 Å². The van der Waals surface area contributed by atoms with E-state index in [0.29, 0.717) is 0 Å². The number of esters is 1. The van der Waals surface area contributed by atoms with E-state index in [4.69, 9.17) is 12.2 Å². The van der Waals surface area contributed by atoms with Crippen molar-refractivity contribution < 1.29 is 19.4 Å². The number of hydrogen-bond donors (Lipinski definition) is 4. The molecule has 110 valence electrons. The van der Waals surface area contributed by atoms with E-state index in [-0.39, 0.29) is 28.0 Å². The van der Waals surface area contributed by atoms with Crippen LogP contribution in [0.4, 0.5) is 0 Å². The summed E-state index contributed by atoms with van der Waals surface area (Å²) in [6.07, 6.45) is 0.867. The van der Waals surface area contributed by atoms with Crippen LogP contribution in [0, 0.1) is 4.77 Å². The van der Waals surface area contributed by atoms with Crippen molar-refractivity contribution in [2.24, 2.45) is 5.10 Å². The number of hydrogen-bond acceptors (Lipinski definition) is 7. The van der Waals surface area contributed by atoms with Crippen LogP contribution in [0.15, 0.2) is 15.5 Å². The molecule has 2 rings (SSSR count). The molecule has 9 nitrogen and oxygen atoms in total. The number of nitrogens with zero attached hydrogens (tertiary/aromatic N) is 1. The van der Waals surface area contributed by atoms with Crippen molar-refractivity contribution in [1.29, 1.82) is 0 Å². The average molecular weight is 310 g/mol. The van der Waals surface area contributed by atoms with Crippen LogP contribution in [0.5, 0.6) is 5.88 Å². The molecule has 0 saturated heterocycles. The van der Waals surface area contributed by atoms with Gasteiger partial charge in [0.25, 0.3) is 11.5 Å². The Labute approximate surface area is 122 Å². The fourth-order valence-electron chi connectivity index (χ4n) is 1.62. The molecule has 0 radical (unpaired) electrons. The van der Waals surface area contributed by atoms with Crippen LogP contribution in [-0.2, 0) is 14.3 Å². The molecule has 0 atom stereocenters. The Morgan fingerprint density at radius 1 is 1.43 bits per heavy atom. The molecule has 0 saturated carbocycles. The third-order valence-corrected chi connectivity index (χ3v) is 2.84. The van der Waals surface area contributed by atoms with Crippen molar-refractivity contribution in [3.63, 3.8) is 0 Å². The third kappa shape index (κ3) is 3.05. The molecular formula is C11H10N4O5S. The number of nitrogens with one attached hydrogen (secondary N) is 3. The zero-order valence-electron chi connectivity index (χ0n) is 10.7. The van der Waals surface area contributed by atoms with E-state index >= 15 is 0 Å². The summed E-state index contributed by atoms with van der Waals surface area (Å²) in [6, 6.07) is 0. The maximum absolute atomic E-state index is 11.7. The van der Waals surface area contributed by atoms with E-state index in [0.717, 1.165) is 6.08 Å². The Bertz CT molecular complexity index is 789. The van der Waals surface area contributed by atoms with Gasteiger partial charge >= 0.3 is 5.97 Å². The van der Waals surface area contributed by atoms with E-state index < -0.39 is 23.3 Å². The minimum atomic E-state index is -0.680. The van der Waals surface area contributed by atoms with Crippen LogP contribution in [0.25, 0.3) is 6.08 Å². The maximum atomic E-state index is 11.7. The second kappa shape index (κ2) is 5.71. The second-order valence-electron chi connectivity index (χ2n) is 3.98. The molecular weight excluding hydrogens is 300 g/mol. The molecule has 1 aliphatic rings. The Morgan fingerprint density at radius 3 is 2.76 bits per heavy atom. The summed E-state index contributed by atoms with van der Waals surface area (Å²) in [5.41, 5.74) is 1.37. The minimum absolute atomic E-state index is 0.0216. The fourth-order valence-corrected chi connectivity index (χ4v) is 1.81. The van der Waals surface area contributed by atoms with E-state index in [2.05, 4.69) is 25.2 Å². The number of hydrazone groups is 1. The first-order chi connectivity index (χ1) is 9.92. The third-order valence-electron chi connectivity index (χ3n) is 2.63. The quantitative estimate of drug-likeness (QED) is 0.340. The molecule has 1 amide bonds. The summed E-state index contributed by atoms with van der Waals surface area (Å²) in [5, 5.41) is 13.4. The zero-order valence-corrected chi connectivity index (χ0v) is 11.5. The lowest BCUT2D eigenvalue weighted by molar-refractivity contribution is -0.139. The van der Waals surface area contributed by atoms with Crippen molar-refractivity contribution in [3.8, 4) is 5.88 Å². The van der Waals surface area contributed by atoms with Crippen molar-refractivity contribution in [2.75, 3.05) is 7.11 Å². The highest BCUT2D eigenvalue weighted by Gasteiger charge is 2.25. The summed E-state index contributed by atoms with van der Waals surface area (Å²) in [6.45, 7) is 0. The van der Waals surface area contributed by atoms with Crippen molar-refractivity contribution in [3.05, 3.63) is 26.3 Å². The van der Waals surface area contributed by atoms with Gasteiger partial charge < -0.3 is 14.8 Å². The molecule has 0 aliphatic carbocycles. The van der Waals surface area contributed by atoms with Crippen LogP contribution in [0.3, 0.4) is 0 Å². The van der Waals surface area contributed by atoms with Gasteiger partial charge in [-0.25, -0.2) is 5.43 Å². The van der Waals surface area contributed by atoms with Crippen LogP contribution in [0.1, 0.15) is 12.0 Å². The molecule has 0 spiro atoms. The molecule has 0 bridgehead atoms. The number of carbonyl (C=O) groups is 2. The topological polar surface area (TPSA) is 137 Å². The highest BCUT2D eigenvalue weighted by molar-refractivity contribution is 7.71. The van der Waals surface area contributed by atoms with Crippen LogP contribution in [0.2, 0.25) is 0 Å². The number of aromatic nitrogens is 2. The first kappa shape index (κ1) is 14.7. The monoisotopic (exact) mass is 310 g/mol. The molecule has 4 N–H and O–H groups in total. The Morgan fingerprint density at radius 2 is 2.14 bits per heavy atom. The van der Waals surface area contributed by atoms with Crippen LogP contribution < -0.4 is 11.0 Å².